The summed E-state index contributed by atoms with van der Waals surface area (Å²) < 4.78 is 0. The van der Waals surface area contributed by atoms with E-state index in [1.165, 1.54) is 22.3 Å². The number of thiophene rings is 1. The maximum absolute atomic E-state index is 6.64. The molecule has 0 nitrogen and oxygen atoms in total. The van der Waals surface area contributed by atoms with Crippen LogP contribution in [0.3, 0.4) is 0 Å². The molecule has 0 amide bonds. The van der Waals surface area contributed by atoms with E-state index in [1.54, 1.807) is 11.3 Å². The Labute approximate surface area is 123 Å². The molecular weight excluding hydrogens is 283 g/mol. The molecule has 1 atom stereocenters. The lowest BCUT2D eigenvalue weighted by Gasteiger charge is -2.16. The predicted octanol–water partition coefficient (Wildman–Crippen LogP) is 5.96. The monoisotopic (exact) mass is 298 g/mol. The van der Waals surface area contributed by atoms with Gasteiger partial charge in [-0.3, -0.25) is 0 Å². The third-order valence-electron chi connectivity index (χ3n) is 3.15. The number of halogens is 2. The lowest BCUT2D eigenvalue weighted by atomic mass is 9.96. The molecule has 1 unspecified atom stereocenters. The van der Waals surface area contributed by atoms with Gasteiger partial charge in [0.2, 0.25) is 0 Å². The second-order valence-corrected chi connectivity index (χ2v) is 6.50. The van der Waals surface area contributed by atoms with E-state index in [1.807, 2.05) is 6.92 Å². The molecule has 1 heterocycles. The largest absolute Gasteiger partial charge is 0.145 e. The van der Waals surface area contributed by atoms with Gasteiger partial charge >= 0.3 is 0 Å². The summed E-state index contributed by atoms with van der Waals surface area (Å²) in [5.41, 5.74) is 6.02. The van der Waals surface area contributed by atoms with E-state index in [4.69, 9.17) is 23.2 Å². The fourth-order valence-electron chi connectivity index (χ4n) is 2.34. The summed E-state index contributed by atoms with van der Waals surface area (Å²) in [7, 11) is 0. The maximum Gasteiger partial charge on any atom is 0.0947 e. The van der Waals surface area contributed by atoms with Gasteiger partial charge < -0.3 is 0 Å². The van der Waals surface area contributed by atoms with Gasteiger partial charge in [-0.15, -0.1) is 22.9 Å². The number of aryl methyl sites for hydroxylation is 4. The van der Waals surface area contributed by atoms with Gasteiger partial charge in [-0.05, 0) is 55.3 Å². The predicted molar refractivity (Wildman–Crippen MR) is 82.4 cm³/mol. The van der Waals surface area contributed by atoms with Crippen LogP contribution in [-0.2, 0) is 0 Å². The van der Waals surface area contributed by atoms with E-state index in [9.17, 15) is 0 Å². The fourth-order valence-corrected chi connectivity index (χ4v) is 4.29. The number of benzene rings is 1. The highest BCUT2D eigenvalue weighted by Gasteiger charge is 2.21. The van der Waals surface area contributed by atoms with Crippen molar-refractivity contribution in [3.8, 4) is 0 Å². The lowest BCUT2D eigenvalue weighted by molar-refractivity contribution is 1.10. The van der Waals surface area contributed by atoms with Crippen LogP contribution >= 0.6 is 34.5 Å². The summed E-state index contributed by atoms with van der Waals surface area (Å²) in [6, 6.07) is 4.35. The minimum absolute atomic E-state index is 0.156. The van der Waals surface area contributed by atoms with Crippen molar-refractivity contribution >= 4 is 34.5 Å². The molecule has 18 heavy (non-hydrogen) atoms. The quantitative estimate of drug-likeness (QED) is 0.600. The molecule has 96 valence electrons. The molecule has 0 saturated carbocycles. The zero-order chi connectivity index (χ0) is 13.4. The average molecular weight is 299 g/mol. The topological polar surface area (TPSA) is 0 Å². The molecule has 2 aromatic rings. The Bertz CT molecular complexity index is 561. The number of hydrogen-bond acceptors (Lipinski definition) is 1. The Balaban J connectivity index is 2.53. The van der Waals surface area contributed by atoms with Crippen molar-refractivity contribution in [3.05, 3.63) is 55.2 Å². The van der Waals surface area contributed by atoms with Gasteiger partial charge in [-0.25, -0.2) is 0 Å². The minimum atomic E-state index is -0.156. The third kappa shape index (κ3) is 2.45. The molecule has 0 bridgehead atoms. The van der Waals surface area contributed by atoms with Gasteiger partial charge in [-0.1, -0.05) is 29.3 Å². The van der Waals surface area contributed by atoms with Crippen LogP contribution in [0.1, 0.15) is 38.1 Å². The average Bonchev–Trinajstić information content (AvgIpc) is 2.58. The molecule has 0 saturated heterocycles. The second kappa shape index (κ2) is 5.24. The Morgan fingerprint density at radius 1 is 1.00 bits per heavy atom. The summed E-state index contributed by atoms with van der Waals surface area (Å²) in [6.07, 6.45) is 0. The van der Waals surface area contributed by atoms with Crippen molar-refractivity contribution in [1.82, 2.24) is 0 Å². The molecule has 0 aliphatic carbocycles. The molecule has 2 rings (SSSR count). The molecule has 1 aromatic carbocycles. The van der Waals surface area contributed by atoms with Crippen LogP contribution in [0.2, 0.25) is 5.02 Å². The van der Waals surface area contributed by atoms with Crippen molar-refractivity contribution in [2.75, 3.05) is 0 Å². The summed E-state index contributed by atoms with van der Waals surface area (Å²) in [5.74, 6) is 0. The van der Waals surface area contributed by atoms with Gasteiger partial charge in [0.25, 0.3) is 0 Å². The second-order valence-electron chi connectivity index (χ2n) is 4.77. The number of alkyl halides is 1. The van der Waals surface area contributed by atoms with Crippen LogP contribution in [0.4, 0.5) is 0 Å². The summed E-state index contributed by atoms with van der Waals surface area (Å²) >= 11 is 14.6. The fraction of sp³-hybridized carbons (Fsp3) is 0.333. The van der Waals surface area contributed by atoms with Crippen molar-refractivity contribution < 1.29 is 0 Å². The first-order valence-corrected chi connectivity index (χ1v) is 7.56. The molecule has 0 radical (unpaired) electrons. The Morgan fingerprint density at radius 2 is 1.56 bits per heavy atom. The van der Waals surface area contributed by atoms with Gasteiger partial charge in [0.05, 0.1) is 10.4 Å². The van der Waals surface area contributed by atoms with Crippen LogP contribution in [0.25, 0.3) is 0 Å². The minimum Gasteiger partial charge on any atom is -0.145 e. The van der Waals surface area contributed by atoms with E-state index < -0.39 is 0 Å². The first-order valence-electron chi connectivity index (χ1n) is 5.87. The number of rotatable bonds is 2. The summed E-state index contributed by atoms with van der Waals surface area (Å²) in [4.78, 5) is 1.05. The van der Waals surface area contributed by atoms with E-state index in [2.05, 4.69) is 38.3 Å². The van der Waals surface area contributed by atoms with E-state index in [0.29, 0.717) is 0 Å². The standard InChI is InChI=1S/C15H16Cl2S/c1-8-5-9(2)12(10(3)6-8)14(17)15-13(16)11(4)7-18-15/h5-7,14H,1-4H3. The van der Waals surface area contributed by atoms with Gasteiger partial charge in [0.15, 0.2) is 0 Å². The van der Waals surface area contributed by atoms with Crippen molar-refractivity contribution in [3.63, 3.8) is 0 Å². The smallest absolute Gasteiger partial charge is 0.0947 e. The van der Waals surface area contributed by atoms with Crippen LogP contribution in [-0.4, -0.2) is 0 Å². The van der Waals surface area contributed by atoms with Crippen LogP contribution in [0.15, 0.2) is 17.5 Å². The van der Waals surface area contributed by atoms with Crippen molar-refractivity contribution in [2.24, 2.45) is 0 Å². The van der Waals surface area contributed by atoms with Crippen LogP contribution < -0.4 is 0 Å². The molecule has 0 spiro atoms. The first kappa shape index (κ1) is 13.9. The molecule has 0 aliphatic heterocycles. The van der Waals surface area contributed by atoms with Gasteiger partial charge in [0, 0.05) is 4.88 Å². The third-order valence-corrected chi connectivity index (χ3v) is 5.49. The highest BCUT2D eigenvalue weighted by atomic mass is 35.5. The SMILES string of the molecule is Cc1cc(C)c(C(Cl)c2scc(C)c2Cl)c(C)c1. The normalized spacial score (nSPS) is 12.8. The van der Waals surface area contributed by atoms with E-state index in [0.717, 1.165) is 15.5 Å². The van der Waals surface area contributed by atoms with Crippen molar-refractivity contribution in [2.45, 2.75) is 33.1 Å². The molecule has 0 N–H and O–H groups in total. The summed E-state index contributed by atoms with van der Waals surface area (Å²) in [5, 5.41) is 2.71. The molecule has 0 aliphatic rings. The molecule has 3 heteroatoms. The lowest BCUT2D eigenvalue weighted by Crippen LogP contribution is -1.99. The van der Waals surface area contributed by atoms with Crippen molar-refractivity contribution in [1.29, 1.82) is 0 Å². The van der Waals surface area contributed by atoms with E-state index >= 15 is 0 Å². The van der Waals surface area contributed by atoms with E-state index in [-0.39, 0.29) is 5.38 Å². The molecule has 1 aromatic heterocycles. The van der Waals surface area contributed by atoms with Crippen LogP contribution in [0.5, 0.6) is 0 Å². The zero-order valence-corrected chi connectivity index (χ0v) is 13.3. The Kier molecular flexibility index (Phi) is 4.05. The molecular formula is C15H16Cl2S. The maximum atomic E-state index is 6.64. The summed E-state index contributed by atoms with van der Waals surface area (Å²) in [6.45, 7) is 8.34. The zero-order valence-electron chi connectivity index (χ0n) is 11.0. The van der Waals surface area contributed by atoms with Crippen LogP contribution in [0, 0.1) is 27.7 Å². The highest BCUT2D eigenvalue weighted by molar-refractivity contribution is 7.11. The Hall–Kier alpha value is -0.500. The molecule has 0 fully saturated rings. The van der Waals surface area contributed by atoms with Gasteiger partial charge in [0.1, 0.15) is 0 Å². The first-order chi connectivity index (χ1) is 8.41. The van der Waals surface area contributed by atoms with Gasteiger partial charge in [-0.2, -0.15) is 0 Å². The number of hydrogen-bond donors (Lipinski definition) is 0. The highest BCUT2D eigenvalue weighted by Crippen LogP contribution is 2.41. The Morgan fingerprint density at radius 3 is 2.00 bits per heavy atom.